The van der Waals surface area contributed by atoms with Crippen LogP contribution in [0.3, 0.4) is 0 Å². The highest BCUT2D eigenvalue weighted by Gasteiger charge is 2.22. The molecule has 0 radical (unpaired) electrons. The molecule has 90 valence electrons. The van der Waals surface area contributed by atoms with Crippen molar-refractivity contribution in [2.24, 2.45) is 5.41 Å². The average molecular weight is 213 g/mol. The van der Waals surface area contributed by atoms with Crippen LogP contribution in [-0.4, -0.2) is 63.2 Å². The van der Waals surface area contributed by atoms with E-state index in [9.17, 15) is 0 Å². The van der Waals surface area contributed by atoms with Gasteiger partial charge in [0.2, 0.25) is 0 Å². The van der Waals surface area contributed by atoms with Gasteiger partial charge in [-0.15, -0.1) is 0 Å². The fourth-order valence-electron chi connectivity index (χ4n) is 2.40. The maximum Gasteiger partial charge on any atom is 0.0109 e. The molecule has 0 bridgehead atoms. The molecule has 1 aliphatic heterocycles. The van der Waals surface area contributed by atoms with Gasteiger partial charge in [-0.2, -0.15) is 0 Å². The van der Waals surface area contributed by atoms with Gasteiger partial charge < -0.3 is 15.1 Å². The van der Waals surface area contributed by atoms with E-state index >= 15 is 0 Å². The number of nitrogens with zero attached hydrogens (tertiary/aromatic N) is 2. The Morgan fingerprint density at radius 1 is 1.13 bits per heavy atom. The Hall–Kier alpha value is -0.120. The van der Waals surface area contributed by atoms with Gasteiger partial charge >= 0.3 is 0 Å². The lowest BCUT2D eigenvalue weighted by atomic mass is 9.92. The molecule has 0 spiro atoms. The molecule has 1 N–H and O–H groups in total. The van der Waals surface area contributed by atoms with Gasteiger partial charge in [0, 0.05) is 26.2 Å². The van der Waals surface area contributed by atoms with Crippen LogP contribution in [-0.2, 0) is 0 Å². The Balaban J connectivity index is 2.36. The molecule has 0 aromatic heterocycles. The van der Waals surface area contributed by atoms with E-state index in [2.05, 4.69) is 36.0 Å². The second kappa shape index (κ2) is 5.83. The summed E-state index contributed by atoms with van der Waals surface area (Å²) in [4.78, 5) is 5.05. The van der Waals surface area contributed by atoms with Crippen LogP contribution >= 0.6 is 0 Å². The summed E-state index contributed by atoms with van der Waals surface area (Å²) in [5.41, 5.74) is 0.387. The van der Waals surface area contributed by atoms with Gasteiger partial charge in [0.05, 0.1) is 0 Å². The first-order chi connectivity index (χ1) is 7.03. The summed E-state index contributed by atoms with van der Waals surface area (Å²) in [6.45, 7) is 12.0. The molecule has 3 heteroatoms. The molecule has 0 amide bonds. The minimum absolute atomic E-state index is 0.387. The topological polar surface area (TPSA) is 18.5 Å². The Bertz CT molecular complexity index is 180. The van der Waals surface area contributed by atoms with E-state index in [0.29, 0.717) is 5.41 Å². The maximum atomic E-state index is 3.28. The van der Waals surface area contributed by atoms with E-state index in [1.165, 1.54) is 39.1 Å². The van der Waals surface area contributed by atoms with Crippen molar-refractivity contribution < 1.29 is 0 Å². The third-order valence-corrected chi connectivity index (χ3v) is 3.12. The van der Waals surface area contributed by atoms with Crippen molar-refractivity contribution in [3.05, 3.63) is 0 Å². The zero-order valence-electron chi connectivity index (χ0n) is 10.8. The van der Waals surface area contributed by atoms with Crippen LogP contribution in [0.2, 0.25) is 0 Å². The molecular formula is C12H27N3. The summed E-state index contributed by atoms with van der Waals surface area (Å²) in [6.07, 6.45) is 1.31. The molecular weight excluding hydrogens is 186 g/mol. The zero-order chi connectivity index (χ0) is 11.3. The van der Waals surface area contributed by atoms with Gasteiger partial charge in [0.15, 0.2) is 0 Å². The smallest absolute Gasteiger partial charge is 0.0109 e. The maximum absolute atomic E-state index is 3.28. The number of likely N-dealkylation sites (N-methyl/N-ethyl adjacent to an activating group) is 1. The highest BCUT2D eigenvalue weighted by molar-refractivity contribution is 4.77. The average Bonchev–Trinajstić information content (AvgIpc) is 2.30. The number of rotatable bonds is 4. The second-order valence-electron chi connectivity index (χ2n) is 5.63. The lowest BCUT2D eigenvalue weighted by Gasteiger charge is -2.31. The van der Waals surface area contributed by atoms with E-state index in [1.807, 2.05) is 7.05 Å². The van der Waals surface area contributed by atoms with Crippen LogP contribution < -0.4 is 5.32 Å². The molecule has 3 nitrogen and oxygen atoms in total. The minimum Gasteiger partial charge on any atom is -0.319 e. The number of hydrogen-bond donors (Lipinski definition) is 1. The normalized spacial score (nSPS) is 21.6. The van der Waals surface area contributed by atoms with Gasteiger partial charge in [-0.1, -0.05) is 13.8 Å². The molecule has 0 atom stereocenters. The largest absolute Gasteiger partial charge is 0.319 e. The monoisotopic (exact) mass is 213 g/mol. The van der Waals surface area contributed by atoms with Gasteiger partial charge in [-0.25, -0.2) is 0 Å². The first-order valence-electron chi connectivity index (χ1n) is 6.09. The summed E-state index contributed by atoms with van der Waals surface area (Å²) in [6, 6.07) is 0. The summed E-state index contributed by atoms with van der Waals surface area (Å²) < 4.78 is 0. The molecule has 0 aromatic carbocycles. The van der Waals surface area contributed by atoms with Crippen LogP contribution in [0.25, 0.3) is 0 Å². The highest BCUT2D eigenvalue weighted by atomic mass is 15.2. The first-order valence-corrected chi connectivity index (χ1v) is 6.09. The van der Waals surface area contributed by atoms with Crippen molar-refractivity contribution in [1.82, 2.24) is 15.1 Å². The van der Waals surface area contributed by atoms with Crippen LogP contribution in [0.1, 0.15) is 20.3 Å². The molecule has 1 saturated heterocycles. The van der Waals surface area contributed by atoms with Crippen molar-refractivity contribution in [2.75, 3.05) is 53.4 Å². The van der Waals surface area contributed by atoms with Crippen LogP contribution in [0.15, 0.2) is 0 Å². The SMILES string of the molecule is CNCC(C)(C)CN1CCCN(C)CC1. The van der Waals surface area contributed by atoms with Gasteiger partial charge in [0.1, 0.15) is 0 Å². The highest BCUT2D eigenvalue weighted by Crippen LogP contribution is 2.16. The summed E-state index contributed by atoms with van der Waals surface area (Å²) in [7, 11) is 4.26. The molecule has 0 aliphatic carbocycles. The van der Waals surface area contributed by atoms with Gasteiger partial charge in [-0.3, -0.25) is 0 Å². The third kappa shape index (κ3) is 4.96. The van der Waals surface area contributed by atoms with Crippen molar-refractivity contribution in [3.63, 3.8) is 0 Å². The fourth-order valence-corrected chi connectivity index (χ4v) is 2.40. The lowest BCUT2D eigenvalue weighted by molar-refractivity contribution is 0.181. The Morgan fingerprint density at radius 2 is 1.87 bits per heavy atom. The molecule has 1 aliphatic rings. The third-order valence-electron chi connectivity index (χ3n) is 3.12. The number of hydrogen-bond acceptors (Lipinski definition) is 3. The summed E-state index contributed by atoms with van der Waals surface area (Å²) in [5, 5.41) is 3.28. The molecule has 0 saturated carbocycles. The Labute approximate surface area is 94.8 Å². The predicted octanol–water partition coefficient (Wildman–Crippen LogP) is 0.870. The van der Waals surface area contributed by atoms with Crippen molar-refractivity contribution in [2.45, 2.75) is 20.3 Å². The van der Waals surface area contributed by atoms with Crippen LogP contribution in [0, 0.1) is 5.41 Å². The summed E-state index contributed by atoms with van der Waals surface area (Å²) >= 11 is 0. The molecule has 1 rings (SSSR count). The quantitative estimate of drug-likeness (QED) is 0.747. The van der Waals surface area contributed by atoms with Gasteiger partial charge in [-0.05, 0) is 39.0 Å². The Kier molecular flexibility index (Phi) is 5.03. The molecule has 15 heavy (non-hydrogen) atoms. The van der Waals surface area contributed by atoms with Crippen molar-refractivity contribution in [3.8, 4) is 0 Å². The number of nitrogens with one attached hydrogen (secondary N) is 1. The van der Waals surface area contributed by atoms with E-state index < -0.39 is 0 Å². The molecule has 1 heterocycles. The van der Waals surface area contributed by atoms with E-state index in [0.717, 1.165) is 6.54 Å². The molecule has 1 fully saturated rings. The van der Waals surface area contributed by atoms with E-state index in [1.54, 1.807) is 0 Å². The fraction of sp³-hybridized carbons (Fsp3) is 1.00. The lowest BCUT2D eigenvalue weighted by Crippen LogP contribution is -2.41. The second-order valence-corrected chi connectivity index (χ2v) is 5.63. The summed E-state index contributed by atoms with van der Waals surface area (Å²) in [5.74, 6) is 0. The molecule has 0 aromatic rings. The van der Waals surface area contributed by atoms with Crippen molar-refractivity contribution in [1.29, 1.82) is 0 Å². The standard InChI is InChI=1S/C12H27N3/c1-12(2,10-13-3)11-15-7-5-6-14(4)8-9-15/h13H,5-11H2,1-4H3. The van der Waals surface area contributed by atoms with Crippen LogP contribution in [0.4, 0.5) is 0 Å². The van der Waals surface area contributed by atoms with Crippen LogP contribution in [0.5, 0.6) is 0 Å². The first kappa shape index (κ1) is 12.9. The molecule has 0 unspecified atom stereocenters. The Morgan fingerprint density at radius 3 is 2.53 bits per heavy atom. The minimum atomic E-state index is 0.387. The zero-order valence-corrected chi connectivity index (χ0v) is 10.8. The predicted molar refractivity (Wildman–Crippen MR) is 66.3 cm³/mol. The van der Waals surface area contributed by atoms with Crippen molar-refractivity contribution >= 4 is 0 Å². The van der Waals surface area contributed by atoms with E-state index in [-0.39, 0.29) is 0 Å². The van der Waals surface area contributed by atoms with Gasteiger partial charge in [0.25, 0.3) is 0 Å². The van der Waals surface area contributed by atoms with E-state index in [4.69, 9.17) is 0 Å².